The van der Waals surface area contributed by atoms with Crippen molar-refractivity contribution in [3.8, 4) is 0 Å². The Bertz CT molecular complexity index is 512. The molecule has 2 rings (SSSR count). The highest BCUT2D eigenvalue weighted by Crippen LogP contribution is 2.36. The van der Waals surface area contributed by atoms with Crippen LogP contribution in [-0.2, 0) is 4.79 Å². The molecule has 0 bridgehead atoms. The van der Waals surface area contributed by atoms with Gasteiger partial charge in [-0.2, -0.15) is 0 Å². The van der Waals surface area contributed by atoms with Gasteiger partial charge in [-0.15, -0.1) is 11.3 Å². The van der Waals surface area contributed by atoms with Gasteiger partial charge in [0.05, 0.1) is 14.8 Å². The molecule has 1 aliphatic heterocycles. The number of likely N-dealkylation sites (tertiary alicyclic amines) is 1. The summed E-state index contributed by atoms with van der Waals surface area (Å²) in [6.07, 6.45) is 2.86. The van der Waals surface area contributed by atoms with E-state index in [1.165, 1.54) is 11.3 Å². The fourth-order valence-electron chi connectivity index (χ4n) is 2.87. The van der Waals surface area contributed by atoms with E-state index in [9.17, 15) is 14.7 Å². The molecule has 0 spiro atoms. The lowest BCUT2D eigenvalue weighted by molar-refractivity contribution is -0.152. The van der Waals surface area contributed by atoms with Crippen LogP contribution in [0.1, 0.15) is 43.0 Å². The minimum absolute atomic E-state index is 0.0617. The standard InChI is InChI=1S/C14H18BrNO3S/c1-2-4-14(13(18)19)5-3-6-16(9-14)12(17)10-7-11(15)20-8-10/h7-8H,2-6,9H2,1H3,(H,18,19). The van der Waals surface area contributed by atoms with E-state index in [1.54, 1.807) is 11.0 Å². The molecule has 6 heteroatoms. The lowest BCUT2D eigenvalue weighted by Gasteiger charge is -2.39. The number of piperidine rings is 1. The van der Waals surface area contributed by atoms with E-state index in [4.69, 9.17) is 0 Å². The van der Waals surface area contributed by atoms with Gasteiger partial charge in [-0.1, -0.05) is 13.3 Å². The van der Waals surface area contributed by atoms with Crippen molar-refractivity contribution in [2.45, 2.75) is 32.6 Å². The number of carbonyl (C=O) groups is 2. The molecule has 20 heavy (non-hydrogen) atoms. The van der Waals surface area contributed by atoms with Crippen LogP contribution in [0, 0.1) is 5.41 Å². The lowest BCUT2D eigenvalue weighted by atomic mass is 9.76. The number of hydrogen-bond donors (Lipinski definition) is 1. The lowest BCUT2D eigenvalue weighted by Crippen LogP contribution is -2.49. The summed E-state index contributed by atoms with van der Waals surface area (Å²) < 4.78 is 0.913. The Labute approximate surface area is 130 Å². The van der Waals surface area contributed by atoms with E-state index in [2.05, 4.69) is 15.9 Å². The third-order valence-electron chi connectivity index (χ3n) is 3.86. The zero-order valence-corrected chi connectivity index (χ0v) is 13.8. The first-order chi connectivity index (χ1) is 9.48. The summed E-state index contributed by atoms with van der Waals surface area (Å²) in [5, 5.41) is 11.4. The van der Waals surface area contributed by atoms with E-state index in [0.29, 0.717) is 31.5 Å². The largest absolute Gasteiger partial charge is 0.481 e. The van der Waals surface area contributed by atoms with Crippen molar-refractivity contribution in [1.82, 2.24) is 4.90 Å². The van der Waals surface area contributed by atoms with E-state index >= 15 is 0 Å². The Morgan fingerprint density at radius 2 is 2.30 bits per heavy atom. The van der Waals surface area contributed by atoms with Gasteiger partial charge < -0.3 is 10.0 Å². The number of hydrogen-bond acceptors (Lipinski definition) is 3. The van der Waals surface area contributed by atoms with E-state index in [1.807, 2.05) is 12.3 Å². The van der Waals surface area contributed by atoms with Gasteiger partial charge in [-0.05, 0) is 41.3 Å². The number of carboxylic acids is 1. The van der Waals surface area contributed by atoms with Gasteiger partial charge in [-0.3, -0.25) is 9.59 Å². The molecule has 110 valence electrons. The molecule has 0 radical (unpaired) electrons. The SMILES string of the molecule is CCCC1(C(=O)O)CCCN(C(=O)c2csc(Br)c2)C1. The van der Waals surface area contributed by atoms with Crippen LogP contribution < -0.4 is 0 Å². The third-order valence-corrected chi connectivity index (χ3v) is 5.37. The predicted octanol–water partition coefficient (Wildman–Crippen LogP) is 3.62. The summed E-state index contributed by atoms with van der Waals surface area (Å²) in [4.78, 5) is 25.8. The first-order valence-electron chi connectivity index (χ1n) is 6.75. The van der Waals surface area contributed by atoms with Crippen LogP contribution in [0.15, 0.2) is 15.2 Å². The van der Waals surface area contributed by atoms with Crippen LogP contribution in [0.4, 0.5) is 0 Å². The monoisotopic (exact) mass is 359 g/mol. The van der Waals surface area contributed by atoms with Gasteiger partial charge >= 0.3 is 5.97 Å². The Balaban J connectivity index is 2.17. The topological polar surface area (TPSA) is 57.6 Å². The number of carbonyl (C=O) groups excluding carboxylic acids is 1. The minimum atomic E-state index is -0.775. The first kappa shape index (κ1) is 15.5. The maximum absolute atomic E-state index is 12.4. The number of thiophene rings is 1. The van der Waals surface area contributed by atoms with Crippen molar-refractivity contribution >= 4 is 39.1 Å². The molecule has 1 aromatic rings. The molecule has 1 aromatic heterocycles. The molecule has 4 nitrogen and oxygen atoms in total. The summed E-state index contributed by atoms with van der Waals surface area (Å²) in [5.74, 6) is -0.836. The molecule has 1 atom stereocenters. The van der Waals surface area contributed by atoms with Gasteiger partial charge in [-0.25, -0.2) is 0 Å². The Kier molecular flexibility index (Phi) is 4.86. The Morgan fingerprint density at radius 1 is 1.55 bits per heavy atom. The van der Waals surface area contributed by atoms with Gasteiger partial charge in [0.25, 0.3) is 5.91 Å². The molecule has 0 aliphatic carbocycles. The maximum Gasteiger partial charge on any atom is 0.311 e. The highest BCUT2D eigenvalue weighted by Gasteiger charge is 2.42. The second kappa shape index (κ2) is 6.26. The van der Waals surface area contributed by atoms with Gasteiger partial charge in [0, 0.05) is 18.5 Å². The molecule has 1 saturated heterocycles. The van der Waals surface area contributed by atoms with Crippen LogP contribution in [0.3, 0.4) is 0 Å². The fourth-order valence-corrected chi connectivity index (χ4v) is 4.00. The van der Waals surface area contributed by atoms with E-state index in [-0.39, 0.29) is 5.91 Å². The number of halogens is 1. The van der Waals surface area contributed by atoms with Crippen molar-refractivity contribution in [3.05, 3.63) is 20.8 Å². The summed E-state index contributed by atoms with van der Waals surface area (Å²) in [7, 11) is 0. The van der Waals surface area contributed by atoms with Crippen LogP contribution in [0.5, 0.6) is 0 Å². The summed E-state index contributed by atoms with van der Waals surface area (Å²) in [5.41, 5.74) is -0.129. The second-order valence-electron chi connectivity index (χ2n) is 5.31. The summed E-state index contributed by atoms with van der Waals surface area (Å²) >= 11 is 4.81. The van der Waals surface area contributed by atoms with Crippen LogP contribution in [0.2, 0.25) is 0 Å². The van der Waals surface area contributed by atoms with Crippen LogP contribution in [0.25, 0.3) is 0 Å². The highest BCUT2D eigenvalue weighted by molar-refractivity contribution is 9.11. The molecule has 0 saturated carbocycles. The molecule has 1 unspecified atom stereocenters. The van der Waals surface area contributed by atoms with Crippen molar-refractivity contribution in [3.63, 3.8) is 0 Å². The summed E-state index contributed by atoms with van der Waals surface area (Å²) in [6, 6.07) is 1.80. The number of rotatable bonds is 4. The Morgan fingerprint density at radius 3 is 2.85 bits per heavy atom. The minimum Gasteiger partial charge on any atom is -0.481 e. The Hall–Kier alpha value is -0.880. The first-order valence-corrected chi connectivity index (χ1v) is 8.42. The number of carboxylic acid groups (broad SMARTS) is 1. The van der Waals surface area contributed by atoms with Crippen molar-refractivity contribution in [2.75, 3.05) is 13.1 Å². The molecular weight excluding hydrogens is 342 g/mol. The molecule has 0 aromatic carbocycles. The average Bonchev–Trinajstić information content (AvgIpc) is 2.85. The van der Waals surface area contributed by atoms with Crippen LogP contribution >= 0.6 is 27.3 Å². The van der Waals surface area contributed by atoms with E-state index < -0.39 is 11.4 Å². The van der Waals surface area contributed by atoms with Crippen LogP contribution in [-0.4, -0.2) is 35.0 Å². The fraction of sp³-hybridized carbons (Fsp3) is 0.571. The summed E-state index contributed by atoms with van der Waals surface area (Å²) in [6.45, 7) is 2.95. The third kappa shape index (κ3) is 3.06. The zero-order chi connectivity index (χ0) is 14.8. The normalized spacial score (nSPS) is 22.8. The highest BCUT2D eigenvalue weighted by atomic mass is 79.9. The molecule has 1 amide bonds. The van der Waals surface area contributed by atoms with Crippen molar-refractivity contribution < 1.29 is 14.7 Å². The quantitative estimate of drug-likeness (QED) is 0.892. The second-order valence-corrected chi connectivity index (χ2v) is 7.60. The van der Waals surface area contributed by atoms with Gasteiger partial charge in [0.2, 0.25) is 0 Å². The predicted molar refractivity (Wildman–Crippen MR) is 82.1 cm³/mol. The molecule has 1 aliphatic rings. The zero-order valence-electron chi connectivity index (χ0n) is 11.4. The number of nitrogens with zero attached hydrogens (tertiary/aromatic N) is 1. The number of aliphatic carboxylic acids is 1. The average molecular weight is 360 g/mol. The molecule has 1 N–H and O–H groups in total. The maximum atomic E-state index is 12.4. The van der Waals surface area contributed by atoms with Crippen molar-refractivity contribution in [2.24, 2.45) is 5.41 Å². The molecule has 2 heterocycles. The smallest absolute Gasteiger partial charge is 0.311 e. The molecule has 1 fully saturated rings. The molecular formula is C14H18BrNO3S. The van der Waals surface area contributed by atoms with Gasteiger partial charge in [0.15, 0.2) is 0 Å². The van der Waals surface area contributed by atoms with Gasteiger partial charge in [0.1, 0.15) is 0 Å². The number of amides is 1. The van der Waals surface area contributed by atoms with E-state index in [0.717, 1.165) is 16.6 Å². The van der Waals surface area contributed by atoms with Crippen molar-refractivity contribution in [1.29, 1.82) is 0 Å².